The van der Waals surface area contributed by atoms with Crippen molar-refractivity contribution in [1.82, 2.24) is 9.47 Å². The monoisotopic (exact) mass is 411 g/mol. The van der Waals surface area contributed by atoms with Gasteiger partial charge < -0.3 is 19.5 Å². The van der Waals surface area contributed by atoms with Crippen molar-refractivity contribution in [2.45, 2.75) is 19.5 Å². The molecule has 0 amide bonds. The SMILES string of the molecule is COc1ccc([C@H]2c3cccn3CCN2C(=S)Nc2cccc(Cl)c2C)cc1. The molecule has 0 spiro atoms. The van der Waals surface area contributed by atoms with Crippen LogP contribution < -0.4 is 10.1 Å². The summed E-state index contributed by atoms with van der Waals surface area (Å²) in [6.07, 6.45) is 2.13. The quantitative estimate of drug-likeness (QED) is 0.595. The lowest BCUT2D eigenvalue weighted by atomic mass is 10.00. The Balaban J connectivity index is 1.68. The fraction of sp³-hybridized carbons (Fsp3) is 0.227. The van der Waals surface area contributed by atoms with Crippen molar-refractivity contribution in [1.29, 1.82) is 0 Å². The first-order valence-electron chi connectivity index (χ1n) is 9.20. The Morgan fingerprint density at radius 3 is 2.64 bits per heavy atom. The number of halogens is 1. The van der Waals surface area contributed by atoms with E-state index in [0.29, 0.717) is 5.11 Å². The Morgan fingerprint density at radius 2 is 1.89 bits per heavy atom. The Labute approximate surface area is 175 Å². The van der Waals surface area contributed by atoms with Crippen LogP contribution >= 0.6 is 23.8 Å². The Kier molecular flexibility index (Phi) is 5.29. The van der Waals surface area contributed by atoms with Crippen LogP contribution in [0.3, 0.4) is 0 Å². The van der Waals surface area contributed by atoms with Crippen LogP contribution in [-0.2, 0) is 6.54 Å². The van der Waals surface area contributed by atoms with E-state index in [-0.39, 0.29) is 6.04 Å². The van der Waals surface area contributed by atoms with Gasteiger partial charge >= 0.3 is 0 Å². The summed E-state index contributed by atoms with van der Waals surface area (Å²) >= 11 is 12.1. The summed E-state index contributed by atoms with van der Waals surface area (Å²) in [5.41, 5.74) is 4.33. The first-order chi connectivity index (χ1) is 13.6. The first-order valence-corrected chi connectivity index (χ1v) is 9.99. The van der Waals surface area contributed by atoms with E-state index in [2.05, 4.69) is 45.2 Å². The van der Waals surface area contributed by atoms with Crippen LogP contribution in [-0.4, -0.2) is 28.2 Å². The Morgan fingerprint density at radius 1 is 1.11 bits per heavy atom. The summed E-state index contributed by atoms with van der Waals surface area (Å²) in [4.78, 5) is 2.24. The predicted octanol–water partition coefficient (Wildman–Crippen LogP) is 5.26. The van der Waals surface area contributed by atoms with Crippen molar-refractivity contribution in [3.05, 3.63) is 82.6 Å². The average Bonchev–Trinajstić information content (AvgIpc) is 3.19. The maximum absolute atomic E-state index is 6.28. The highest BCUT2D eigenvalue weighted by molar-refractivity contribution is 7.80. The summed E-state index contributed by atoms with van der Waals surface area (Å²) in [5, 5.41) is 4.83. The molecule has 6 heteroatoms. The van der Waals surface area contributed by atoms with E-state index >= 15 is 0 Å². The largest absolute Gasteiger partial charge is 0.497 e. The van der Waals surface area contributed by atoms with Gasteiger partial charge in [0.15, 0.2) is 5.11 Å². The van der Waals surface area contributed by atoms with E-state index in [4.69, 9.17) is 28.6 Å². The van der Waals surface area contributed by atoms with Crippen LogP contribution in [0.1, 0.15) is 22.9 Å². The Hall–Kier alpha value is -2.50. The molecule has 4 nitrogen and oxygen atoms in total. The second-order valence-corrected chi connectivity index (χ2v) is 7.63. The zero-order chi connectivity index (χ0) is 19.7. The molecule has 2 aromatic carbocycles. The lowest BCUT2D eigenvalue weighted by Gasteiger charge is -2.39. The predicted molar refractivity (Wildman–Crippen MR) is 118 cm³/mol. The van der Waals surface area contributed by atoms with Gasteiger partial charge in [0.25, 0.3) is 0 Å². The third-order valence-electron chi connectivity index (χ3n) is 5.24. The standard InChI is InChI=1S/C22H22ClN3OS/c1-15-18(23)5-3-6-19(15)24-22(28)26-14-13-25-12-4-7-20(25)21(26)16-8-10-17(27-2)11-9-16/h3-12,21H,13-14H2,1-2H3,(H,24,28)/t21-/m0/s1. The highest BCUT2D eigenvalue weighted by Gasteiger charge is 2.30. The van der Waals surface area contributed by atoms with Crippen molar-refractivity contribution >= 4 is 34.6 Å². The number of anilines is 1. The number of hydrogen-bond donors (Lipinski definition) is 1. The molecule has 0 fully saturated rings. The van der Waals surface area contributed by atoms with E-state index in [1.807, 2.05) is 37.3 Å². The van der Waals surface area contributed by atoms with E-state index in [0.717, 1.165) is 35.1 Å². The van der Waals surface area contributed by atoms with E-state index < -0.39 is 0 Å². The molecule has 1 aliphatic rings. The number of fused-ring (bicyclic) bond motifs is 1. The summed E-state index contributed by atoms with van der Waals surface area (Å²) in [7, 11) is 1.68. The van der Waals surface area contributed by atoms with Crippen molar-refractivity contribution in [3.8, 4) is 5.75 Å². The van der Waals surface area contributed by atoms with Gasteiger partial charge in [0.1, 0.15) is 5.75 Å². The third-order valence-corrected chi connectivity index (χ3v) is 5.99. The summed E-state index contributed by atoms with van der Waals surface area (Å²) < 4.78 is 7.61. The van der Waals surface area contributed by atoms with Crippen molar-refractivity contribution < 1.29 is 4.74 Å². The highest BCUT2D eigenvalue weighted by Crippen LogP contribution is 2.34. The number of nitrogens with zero attached hydrogens (tertiary/aromatic N) is 2. The van der Waals surface area contributed by atoms with Crippen molar-refractivity contribution in [2.75, 3.05) is 19.0 Å². The molecule has 3 aromatic rings. The normalized spacial score (nSPS) is 15.8. The molecule has 28 heavy (non-hydrogen) atoms. The number of benzene rings is 2. The topological polar surface area (TPSA) is 29.4 Å². The van der Waals surface area contributed by atoms with Crippen molar-refractivity contribution in [3.63, 3.8) is 0 Å². The van der Waals surface area contributed by atoms with Crippen LogP contribution in [0.5, 0.6) is 5.75 Å². The van der Waals surface area contributed by atoms with Crippen LogP contribution in [0.4, 0.5) is 5.69 Å². The molecular formula is C22H22ClN3OS. The molecular weight excluding hydrogens is 390 g/mol. The second kappa shape index (κ2) is 7.86. The molecule has 0 saturated heterocycles. The molecule has 0 unspecified atom stereocenters. The maximum atomic E-state index is 6.28. The molecule has 1 atom stereocenters. The van der Waals surface area contributed by atoms with Gasteiger partial charge in [-0.15, -0.1) is 0 Å². The van der Waals surface area contributed by atoms with Crippen molar-refractivity contribution in [2.24, 2.45) is 0 Å². The van der Waals surface area contributed by atoms with Gasteiger partial charge in [-0.25, -0.2) is 0 Å². The molecule has 2 heterocycles. The van der Waals surface area contributed by atoms with Crippen LogP contribution in [0, 0.1) is 6.92 Å². The second-order valence-electron chi connectivity index (χ2n) is 6.84. The van der Waals surface area contributed by atoms with Crippen LogP contribution in [0.2, 0.25) is 5.02 Å². The number of aromatic nitrogens is 1. The van der Waals surface area contributed by atoms with Gasteiger partial charge in [-0.05, 0) is 66.7 Å². The van der Waals surface area contributed by atoms with Crippen LogP contribution in [0.15, 0.2) is 60.8 Å². The maximum Gasteiger partial charge on any atom is 0.174 e. The van der Waals surface area contributed by atoms with Gasteiger partial charge in [-0.2, -0.15) is 0 Å². The zero-order valence-corrected chi connectivity index (χ0v) is 17.4. The fourth-order valence-electron chi connectivity index (χ4n) is 3.67. The first kappa shape index (κ1) is 18.8. The lowest BCUT2D eigenvalue weighted by Crippen LogP contribution is -2.44. The van der Waals surface area contributed by atoms with E-state index in [1.54, 1.807) is 7.11 Å². The third kappa shape index (κ3) is 3.48. The molecule has 0 bridgehead atoms. The Bertz CT molecular complexity index is 999. The molecule has 144 valence electrons. The van der Waals surface area contributed by atoms with Gasteiger partial charge in [0.05, 0.1) is 13.2 Å². The molecule has 1 aliphatic heterocycles. The molecule has 1 aromatic heterocycles. The highest BCUT2D eigenvalue weighted by atomic mass is 35.5. The van der Waals surface area contributed by atoms with Crippen LogP contribution in [0.25, 0.3) is 0 Å². The number of methoxy groups -OCH3 is 1. The summed E-state index contributed by atoms with van der Waals surface area (Å²) in [6.45, 7) is 3.71. The molecule has 0 aliphatic carbocycles. The minimum absolute atomic E-state index is 0.0362. The number of rotatable bonds is 3. The number of hydrogen-bond acceptors (Lipinski definition) is 2. The average molecular weight is 412 g/mol. The zero-order valence-electron chi connectivity index (χ0n) is 15.9. The van der Waals surface area contributed by atoms with E-state index in [1.165, 1.54) is 11.3 Å². The minimum Gasteiger partial charge on any atom is -0.497 e. The minimum atomic E-state index is 0.0362. The molecule has 0 saturated carbocycles. The number of thiocarbonyl (C=S) groups is 1. The molecule has 0 radical (unpaired) electrons. The lowest BCUT2D eigenvalue weighted by molar-refractivity contribution is 0.293. The van der Waals surface area contributed by atoms with Gasteiger partial charge in [-0.3, -0.25) is 0 Å². The molecule has 1 N–H and O–H groups in total. The summed E-state index contributed by atoms with van der Waals surface area (Å²) in [5.74, 6) is 0.844. The van der Waals surface area contributed by atoms with E-state index in [9.17, 15) is 0 Å². The smallest absolute Gasteiger partial charge is 0.174 e. The van der Waals surface area contributed by atoms with Gasteiger partial charge in [0, 0.05) is 35.7 Å². The van der Waals surface area contributed by atoms with Gasteiger partial charge in [-0.1, -0.05) is 29.8 Å². The molecule has 4 rings (SSSR count). The number of ether oxygens (including phenoxy) is 1. The number of nitrogens with one attached hydrogen (secondary N) is 1. The van der Waals surface area contributed by atoms with Gasteiger partial charge in [0.2, 0.25) is 0 Å². The summed E-state index contributed by atoms with van der Waals surface area (Å²) in [6, 6.07) is 18.3. The fourth-order valence-corrected chi connectivity index (χ4v) is 4.15.